The first-order chi connectivity index (χ1) is 1.73. The quantitative estimate of drug-likeness (QED) is 0.278. The van der Waals surface area contributed by atoms with Crippen molar-refractivity contribution in [2.45, 2.75) is 0 Å². The second kappa shape index (κ2) is 4.71. The summed E-state index contributed by atoms with van der Waals surface area (Å²) in [7, 11) is -2.92. The summed E-state index contributed by atoms with van der Waals surface area (Å²) < 4.78 is 0. The molecule has 0 aliphatic rings. The summed E-state index contributed by atoms with van der Waals surface area (Å²) in [6, 6.07) is 0. The maximum absolute atomic E-state index is 8.42. The summed E-state index contributed by atoms with van der Waals surface area (Å²) >= 11 is 0. The standard InChI is InChI=1S/BO3.Mg/c2-1(3)4;/q-3;+2. The molecule has 0 radical (unpaired) electrons. The third kappa shape index (κ3) is 68.5. The zero-order valence-corrected chi connectivity index (χ0v) is 3.92. The van der Waals surface area contributed by atoms with Crippen LogP contribution in [-0.2, 0) is 0 Å². The van der Waals surface area contributed by atoms with Crippen LogP contribution in [0.25, 0.3) is 0 Å². The van der Waals surface area contributed by atoms with Gasteiger partial charge in [-0.05, 0) is 0 Å². The fourth-order valence-corrected chi connectivity index (χ4v) is 0. The molecule has 0 aromatic rings. The zero-order chi connectivity index (χ0) is 3.58. The number of hydrogen-bond donors (Lipinski definition) is 0. The topological polar surface area (TPSA) is 69.2 Å². The second-order valence-electron chi connectivity index (χ2n) is 0.289. The van der Waals surface area contributed by atoms with E-state index in [4.69, 9.17) is 15.1 Å². The van der Waals surface area contributed by atoms with Crippen molar-refractivity contribution in [3.63, 3.8) is 0 Å². The van der Waals surface area contributed by atoms with E-state index in [9.17, 15) is 0 Å². The van der Waals surface area contributed by atoms with Crippen LogP contribution in [-0.4, -0.2) is 30.4 Å². The molecule has 24 valence electrons. The van der Waals surface area contributed by atoms with E-state index in [-0.39, 0.29) is 23.1 Å². The van der Waals surface area contributed by atoms with Crippen LogP contribution < -0.4 is 15.1 Å². The van der Waals surface area contributed by atoms with Crippen LogP contribution in [0.1, 0.15) is 0 Å². The van der Waals surface area contributed by atoms with Crippen molar-refractivity contribution in [3.05, 3.63) is 0 Å². The van der Waals surface area contributed by atoms with Gasteiger partial charge in [-0.1, -0.05) is 0 Å². The molecule has 0 heterocycles. The third-order valence-corrected chi connectivity index (χ3v) is 0. The molecule has 5 heavy (non-hydrogen) atoms. The maximum Gasteiger partial charge on any atom is 2.00 e. The molecule has 0 atom stereocenters. The van der Waals surface area contributed by atoms with E-state index in [0.29, 0.717) is 0 Å². The van der Waals surface area contributed by atoms with Crippen molar-refractivity contribution in [1.82, 2.24) is 0 Å². The molecule has 3 nitrogen and oxygen atoms in total. The molecule has 0 aliphatic carbocycles. The van der Waals surface area contributed by atoms with Crippen LogP contribution in [0.5, 0.6) is 0 Å². The zero-order valence-electron chi connectivity index (χ0n) is 2.51. The van der Waals surface area contributed by atoms with Crippen molar-refractivity contribution in [2.24, 2.45) is 0 Å². The van der Waals surface area contributed by atoms with Crippen molar-refractivity contribution < 1.29 is 15.1 Å². The van der Waals surface area contributed by atoms with Gasteiger partial charge >= 0.3 is 23.1 Å². The number of hydrogen-bond acceptors (Lipinski definition) is 3. The van der Waals surface area contributed by atoms with Crippen LogP contribution in [0.15, 0.2) is 0 Å². The fourth-order valence-electron chi connectivity index (χ4n) is 0. The molecule has 0 unspecified atom stereocenters. The molecule has 0 bridgehead atoms. The SMILES string of the molecule is [Mg+2].[O-]B([O-])[O-]. The molecule has 0 aliphatic heterocycles. The summed E-state index contributed by atoms with van der Waals surface area (Å²) in [5, 5.41) is 25.2. The van der Waals surface area contributed by atoms with Crippen LogP contribution in [0.2, 0.25) is 0 Å². The van der Waals surface area contributed by atoms with E-state index in [2.05, 4.69) is 0 Å². The first-order valence-electron chi connectivity index (χ1n) is 0.707. The van der Waals surface area contributed by atoms with E-state index in [1.807, 2.05) is 0 Å². The van der Waals surface area contributed by atoms with E-state index < -0.39 is 7.32 Å². The normalized spacial score (nSPS) is 5.40. The Morgan fingerprint density at radius 2 is 1.00 bits per heavy atom. The monoisotopic (exact) mass is 83.0 g/mol. The molecule has 0 rings (SSSR count). The van der Waals surface area contributed by atoms with E-state index in [1.165, 1.54) is 0 Å². The Morgan fingerprint density at radius 3 is 1.00 bits per heavy atom. The fraction of sp³-hybridized carbons (Fsp3) is 0. The average molecular weight is 83.1 g/mol. The van der Waals surface area contributed by atoms with Gasteiger partial charge in [0, 0.05) is 0 Å². The first kappa shape index (κ1) is 9.20. The number of rotatable bonds is 0. The Labute approximate surface area is 46.0 Å². The summed E-state index contributed by atoms with van der Waals surface area (Å²) in [5.74, 6) is 0. The van der Waals surface area contributed by atoms with E-state index in [1.54, 1.807) is 0 Å². The van der Waals surface area contributed by atoms with Crippen molar-refractivity contribution >= 4 is 30.4 Å². The van der Waals surface area contributed by atoms with Gasteiger partial charge in [-0.3, -0.25) is 7.32 Å². The molecule has 0 fully saturated rings. The summed E-state index contributed by atoms with van der Waals surface area (Å²) in [6.45, 7) is 0. The Balaban J connectivity index is 0. The molecular formula is BMgO3-. The van der Waals surface area contributed by atoms with Gasteiger partial charge in [0.25, 0.3) is 0 Å². The smallest absolute Gasteiger partial charge is 0.907 e. The summed E-state index contributed by atoms with van der Waals surface area (Å²) in [5.41, 5.74) is 0. The minimum Gasteiger partial charge on any atom is -0.907 e. The van der Waals surface area contributed by atoms with Crippen molar-refractivity contribution in [3.8, 4) is 0 Å². The minimum absolute atomic E-state index is 0. The molecule has 0 aromatic carbocycles. The predicted octanol–water partition coefficient (Wildman–Crippen LogP) is -4.33. The maximum atomic E-state index is 8.42. The van der Waals surface area contributed by atoms with Gasteiger partial charge in [0.2, 0.25) is 0 Å². The van der Waals surface area contributed by atoms with Crippen molar-refractivity contribution in [1.29, 1.82) is 0 Å². The summed E-state index contributed by atoms with van der Waals surface area (Å²) in [4.78, 5) is 0. The largest absolute Gasteiger partial charge is 2.00 e. The second-order valence-corrected chi connectivity index (χ2v) is 0.289. The van der Waals surface area contributed by atoms with E-state index in [0.717, 1.165) is 0 Å². The van der Waals surface area contributed by atoms with Crippen LogP contribution in [0.4, 0.5) is 0 Å². The Morgan fingerprint density at radius 1 is 1.00 bits per heavy atom. The summed E-state index contributed by atoms with van der Waals surface area (Å²) in [6.07, 6.45) is 0. The van der Waals surface area contributed by atoms with Crippen molar-refractivity contribution in [2.75, 3.05) is 0 Å². The van der Waals surface area contributed by atoms with Gasteiger partial charge in [0.05, 0.1) is 0 Å². The van der Waals surface area contributed by atoms with Gasteiger partial charge < -0.3 is 15.1 Å². The molecule has 0 spiro atoms. The molecule has 5 heteroatoms. The Kier molecular flexibility index (Phi) is 8.67. The molecule has 0 N–H and O–H groups in total. The molecule has 0 amide bonds. The van der Waals surface area contributed by atoms with Gasteiger partial charge in [0.15, 0.2) is 0 Å². The average Bonchev–Trinajstić information content (AvgIpc) is 0.811. The molecular weight excluding hydrogens is 83.1 g/mol. The van der Waals surface area contributed by atoms with Crippen LogP contribution >= 0.6 is 0 Å². The van der Waals surface area contributed by atoms with Gasteiger partial charge in [0.1, 0.15) is 0 Å². The Bertz CT molecular complexity index is 11.6. The van der Waals surface area contributed by atoms with Crippen LogP contribution in [0.3, 0.4) is 0 Å². The molecule has 0 saturated carbocycles. The molecule has 0 saturated heterocycles. The van der Waals surface area contributed by atoms with Crippen LogP contribution in [0, 0.1) is 0 Å². The first-order valence-corrected chi connectivity index (χ1v) is 0.707. The third-order valence-electron chi connectivity index (χ3n) is 0. The van der Waals surface area contributed by atoms with Gasteiger partial charge in [-0.15, -0.1) is 0 Å². The van der Waals surface area contributed by atoms with Gasteiger partial charge in [-0.2, -0.15) is 0 Å². The van der Waals surface area contributed by atoms with E-state index >= 15 is 0 Å². The predicted molar refractivity (Wildman–Crippen MR) is 11.5 cm³/mol. The molecule has 0 aromatic heterocycles. The minimum atomic E-state index is -2.92. The Hall–Kier alpha value is 0.711. The van der Waals surface area contributed by atoms with Gasteiger partial charge in [-0.25, -0.2) is 0 Å².